The second-order valence-corrected chi connectivity index (χ2v) is 19.3. The maximum atomic E-state index is 13.4. The van der Waals surface area contributed by atoms with Gasteiger partial charge in [0.25, 0.3) is 0 Å². The lowest BCUT2D eigenvalue weighted by molar-refractivity contribution is -0.0140. The molecule has 2 unspecified atom stereocenters. The van der Waals surface area contributed by atoms with Gasteiger partial charge in [0.2, 0.25) is 0 Å². The van der Waals surface area contributed by atoms with Gasteiger partial charge in [-0.25, -0.2) is 37.3 Å². The van der Waals surface area contributed by atoms with Crippen molar-refractivity contribution >= 4 is 71.7 Å². The molecule has 2 aliphatic heterocycles. The number of nitrogens with zero attached hydrogens (tertiary/aromatic N) is 6. The van der Waals surface area contributed by atoms with E-state index in [9.17, 15) is 38.1 Å². The fourth-order valence-electron chi connectivity index (χ4n) is 9.34. The van der Waals surface area contributed by atoms with Crippen LogP contribution in [0, 0.1) is 43.7 Å². The van der Waals surface area contributed by atoms with E-state index < -0.39 is 17.0 Å². The Morgan fingerprint density at radius 2 is 1.11 bits per heavy atom. The van der Waals surface area contributed by atoms with Gasteiger partial charge in [-0.15, -0.1) is 0 Å². The van der Waals surface area contributed by atoms with Crippen molar-refractivity contribution in [1.29, 1.82) is 0 Å². The largest absolute Gasteiger partial charge is 0.457 e. The molecule has 18 heteroatoms. The first-order valence-corrected chi connectivity index (χ1v) is 31.7. The van der Waals surface area contributed by atoms with Gasteiger partial charge in [-0.2, -0.15) is 0 Å². The van der Waals surface area contributed by atoms with Gasteiger partial charge in [-0.3, -0.25) is 4.79 Å². The normalized spacial score (nSPS) is 14.1. The van der Waals surface area contributed by atoms with E-state index in [1.807, 2.05) is 49.3 Å². The quantitative estimate of drug-likeness (QED) is 0.0397. The number of hydrogen-bond acceptors (Lipinski definition) is 9. The number of cyclic esters (lactones) is 1. The average molecular weight is 1340 g/mol. The fourth-order valence-corrected chi connectivity index (χ4v) is 9.34. The number of carbonyl (C=O) groups excluding carboxylic acids is 2. The van der Waals surface area contributed by atoms with E-state index in [2.05, 4.69) is 75.6 Å². The highest BCUT2D eigenvalue weighted by molar-refractivity contribution is 15.0. The molecule has 7 aromatic rings. The van der Waals surface area contributed by atoms with Crippen LogP contribution in [0.3, 0.4) is 0 Å². The number of aliphatic hydroxyl groups excluding tert-OH is 2. The predicted molar refractivity (Wildman–Crippen MR) is 327 cm³/mol. The van der Waals surface area contributed by atoms with Gasteiger partial charge in [0.15, 0.2) is 28.5 Å². The highest BCUT2D eigenvalue weighted by atomic mass is 128. The van der Waals surface area contributed by atoms with Crippen LogP contribution in [-0.2, 0) is 47.1 Å². The molecule has 2 heterocycles. The highest BCUT2D eigenvalue weighted by Crippen LogP contribution is 2.46. The standard InChI is InChI=1S/C20H23FN2O2.C20H21FN2O.C15H10FNO2.C9H5NO2.I2/c1-22-18-9-10-19(15(13-18)14-24)20(25,11-4-12-23(2)3)16-5-7-17(21)8-6-16;1-22-18-9-10-19-15(13-18)14-24-20(19,11-4-12-23(2)3)16-5-7-17(21)8-6-16;1-17-13-6-7-14(11(8-13)9-18)15(19)10-2-4-12(16)5-3-10;1-10-7-2-3-8-6(4-7)5-12-9(8)11;1-2/h5-10,13,24-25H,4,11-12,14H2,2-3H3;5-10,13H,4,11-12,14H2,2-3H3;2-8,18H,9H2;2-4H,5H2;. The van der Waals surface area contributed by atoms with Crippen molar-refractivity contribution in [2.75, 3.05) is 41.3 Å². The molecule has 0 saturated heterocycles. The van der Waals surface area contributed by atoms with E-state index in [0.717, 1.165) is 54.6 Å². The third-order valence-corrected chi connectivity index (χ3v) is 13.4. The van der Waals surface area contributed by atoms with Crippen LogP contribution in [0.1, 0.15) is 96.5 Å². The minimum Gasteiger partial charge on any atom is -0.457 e. The first kappa shape index (κ1) is 65.5. The lowest BCUT2D eigenvalue weighted by Crippen LogP contribution is -2.30. The molecule has 7 aromatic carbocycles. The van der Waals surface area contributed by atoms with Crippen molar-refractivity contribution in [2.45, 2.75) is 63.3 Å². The summed E-state index contributed by atoms with van der Waals surface area (Å²) in [6.45, 7) is 29.9. The molecule has 0 saturated carbocycles. The Labute approximate surface area is 500 Å². The number of benzene rings is 7. The second kappa shape index (κ2) is 31.7. The fraction of sp³-hybridized carbons (Fsp3) is 0.250. The summed E-state index contributed by atoms with van der Waals surface area (Å²) in [7, 11) is 8.02. The van der Waals surface area contributed by atoms with Crippen LogP contribution in [0.2, 0.25) is 0 Å². The summed E-state index contributed by atoms with van der Waals surface area (Å²) in [5.74, 6) is -1.63. The molecule has 0 aromatic heterocycles. The van der Waals surface area contributed by atoms with Crippen LogP contribution in [-0.4, -0.2) is 78.2 Å². The van der Waals surface area contributed by atoms with E-state index in [4.69, 9.17) is 35.8 Å². The molecule has 0 fully saturated rings. The number of fused-ring (bicyclic) bond motifs is 2. The zero-order valence-electron chi connectivity index (χ0n) is 45.5. The molecule has 0 amide bonds. The third-order valence-electron chi connectivity index (χ3n) is 13.4. The number of esters is 1. The molecule has 13 nitrogen and oxygen atoms in total. The van der Waals surface area contributed by atoms with Crippen molar-refractivity contribution < 1.29 is 47.6 Å². The van der Waals surface area contributed by atoms with E-state index in [-0.39, 0.29) is 36.6 Å². The maximum absolute atomic E-state index is 13.4. The molecule has 0 radical (unpaired) electrons. The number of rotatable bonds is 15. The van der Waals surface area contributed by atoms with E-state index >= 15 is 0 Å². The lowest BCUT2D eigenvalue weighted by Gasteiger charge is -2.32. The van der Waals surface area contributed by atoms with Crippen molar-refractivity contribution in [1.82, 2.24) is 9.80 Å². The zero-order chi connectivity index (χ0) is 60.0. The smallest absolute Gasteiger partial charge is 0.338 e. The summed E-state index contributed by atoms with van der Waals surface area (Å²) in [5, 5.41) is 30.5. The number of ether oxygens (including phenoxy) is 2. The maximum Gasteiger partial charge on any atom is 0.338 e. The van der Waals surface area contributed by atoms with Crippen LogP contribution < -0.4 is 0 Å². The van der Waals surface area contributed by atoms with Gasteiger partial charge in [-0.05, 0) is 166 Å². The number of carbonyl (C=O) groups is 2. The summed E-state index contributed by atoms with van der Waals surface area (Å²) in [4.78, 5) is 40.7. The van der Waals surface area contributed by atoms with E-state index in [1.54, 1.807) is 48.5 Å². The Hall–Kier alpha value is -7.35. The van der Waals surface area contributed by atoms with Crippen LogP contribution in [0.25, 0.3) is 19.4 Å². The van der Waals surface area contributed by atoms with Crippen molar-refractivity contribution in [3.05, 3.63) is 270 Å². The first-order chi connectivity index (χ1) is 39.4. The van der Waals surface area contributed by atoms with Crippen LogP contribution in [0.4, 0.5) is 35.9 Å². The highest BCUT2D eigenvalue weighted by Gasteiger charge is 2.41. The molecular weight excluding hydrogens is 1280 g/mol. The summed E-state index contributed by atoms with van der Waals surface area (Å²) >= 11 is 4.24. The summed E-state index contributed by atoms with van der Waals surface area (Å²) in [6.07, 6.45) is 2.92. The number of aliphatic hydroxyl groups is 3. The van der Waals surface area contributed by atoms with Gasteiger partial charge in [0, 0.05) is 48.4 Å². The molecule has 2 aliphatic rings. The van der Waals surface area contributed by atoms with Crippen LogP contribution >= 0.6 is 37.2 Å². The molecule has 3 N–H and O–H groups in total. The van der Waals surface area contributed by atoms with Gasteiger partial charge < -0.3 is 34.6 Å². The topological polar surface area (TPSA) is 137 Å². The van der Waals surface area contributed by atoms with Crippen molar-refractivity contribution in [3.8, 4) is 0 Å². The minimum atomic E-state index is -1.36. The predicted octanol–water partition coefficient (Wildman–Crippen LogP) is 14.7. The van der Waals surface area contributed by atoms with Gasteiger partial charge >= 0.3 is 5.97 Å². The van der Waals surface area contributed by atoms with Gasteiger partial charge in [-0.1, -0.05) is 91.0 Å². The number of halogens is 5. The summed E-state index contributed by atoms with van der Waals surface area (Å²) < 4.78 is 50.6. The first-order valence-electron chi connectivity index (χ1n) is 25.5. The SMILES string of the molecule is II.[C-]#[N+]c1ccc(C(=O)c2ccc(F)cc2)c(CO)c1.[C-]#[N+]c1ccc(C(O)(CCCN(C)C)c2ccc(F)cc2)c(CO)c1.[C-]#[N+]c1ccc2c(c1)COC2(CCCN(C)C)c1ccc(F)cc1.[C-]#[N+]c1ccc2c(c1)COC2=O. The summed E-state index contributed by atoms with van der Waals surface area (Å²) in [6, 6.07) is 37.6. The molecule has 2 atom stereocenters. The molecule has 82 heavy (non-hydrogen) atoms. The monoisotopic (exact) mass is 1330 g/mol. The van der Waals surface area contributed by atoms with E-state index in [1.165, 1.54) is 66.7 Å². The Bertz CT molecular complexity index is 3490. The Morgan fingerprint density at radius 1 is 0.622 bits per heavy atom. The Kier molecular flexibility index (Phi) is 25.3. The number of hydrogen-bond donors (Lipinski definition) is 3. The Morgan fingerprint density at radius 3 is 1.67 bits per heavy atom. The lowest BCUT2D eigenvalue weighted by atomic mass is 9.80. The zero-order valence-corrected chi connectivity index (χ0v) is 49.8. The molecule has 0 aliphatic carbocycles. The third kappa shape index (κ3) is 17.1. The Balaban J connectivity index is 0.000000204. The van der Waals surface area contributed by atoms with Crippen molar-refractivity contribution in [2.24, 2.45) is 0 Å². The molecular formula is C64H59F3I2N6O7. The average Bonchev–Trinajstić information content (AvgIpc) is 4.14. The molecule has 422 valence electrons. The van der Waals surface area contributed by atoms with Crippen LogP contribution in [0.5, 0.6) is 0 Å². The van der Waals surface area contributed by atoms with E-state index in [0.29, 0.717) is 81.3 Å². The molecule has 0 spiro atoms. The van der Waals surface area contributed by atoms with Crippen molar-refractivity contribution in [3.63, 3.8) is 0 Å². The minimum absolute atomic E-state index is 0.247. The number of ketones is 1. The van der Waals surface area contributed by atoms with Gasteiger partial charge in [0.05, 0.1) is 51.7 Å². The van der Waals surface area contributed by atoms with Crippen LogP contribution in [0.15, 0.2) is 146 Å². The molecule has 0 bridgehead atoms. The summed E-state index contributed by atoms with van der Waals surface area (Å²) in [5.41, 5.74) is 7.22. The molecule has 9 rings (SSSR count). The second-order valence-electron chi connectivity index (χ2n) is 19.3. The van der Waals surface area contributed by atoms with Gasteiger partial charge in [0.1, 0.15) is 35.3 Å².